The van der Waals surface area contributed by atoms with E-state index in [1.54, 1.807) is 0 Å². The average Bonchev–Trinajstić information content (AvgIpc) is 2.26. The Bertz CT molecular complexity index is 411. The van der Waals surface area contributed by atoms with E-state index in [4.69, 9.17) is 5.11 Å². The van der Waals surface area contributed by atoms with Crippen LogP contribution in [-0.4, -0.2) is 36.8 Å². The molecule has 1 amide bonds. The Balaban J connectivity index is 2.23. The Morgan fingerprint density at radius 1 is 1.35 bits per heavy atom. The van der Waals surface area contributed by atoms with Gasteiger partial charge in [0, 0.05) is 12.2 Å². The van der Waals surface area contributed by atoms with Crippen molar-refractivity contribution in [3.63, 3.8) is 0 Å². The summed E-state index contributed by atoms with van der Waals surface area (Å²) in [5.41, 5.74) is 3.42. The number of carbonyl (C=O) groups excluding carboxylic acids is 1. The van der Waals surface area contributed by atoms with Crippen molar-refractivity contribution < 1.29 is 9.90 Å². The number of nitrogens with zero attached hydrogens (tertiary/aromatic N) is 1. The number of aliphatic hydroxyl groups is 1. The second-order valence-electron chi connectivity index (χ2n) is 4.67. The molecule has 0 radical (unpaired) electrons. The molecule has 0 aliphatic carbocycles. The van der Waals surface area contributed by atoms with Crippen LogP contribution >= 0.6 is 0 Å². The molecule has 0 bridgehead atoms. The second-order valence-corrected chi connectivity index (χ2v) is 4.67. The zero-order valence-electron chi connectivity index (χ0n) is 10.2. The molecule has 1 aliphatic heterocycles. The van der Waals surface area contributed by atoms with Crippen LogP contribution in [0.1, 0.15) is 11.1 Å². The monoisotopic (exact) mass is 234 g/mol. The van der Waals surface area contributed by atoms with Crippen molar-refractivity contribution >= 4 is 11.6 Å². The van der Waals surface area contributed by atoms with E-state index in [-0.39, 0.29) is 18.6 Å². The summed E-state index contributed by atoms with van der Waals surface area (Å²) in [6, 6.07) is 6.08. The first kappa shape index (κ1) is 11.9. The molecule has 1 atom stereocenters. The SMILES string of the molecule is Cc1cc(C)cc(N2CC(=O)NC(CO)C2)c1. The topological polar surface area (TPSA) is 52.6 Å². The maximum Gasteiger partial charge on any atom is 0.239 e. The van der Waals surface area contributed by atoms with E-state index in [1.165, 1.54) is 11.1 Å². The third kappa shape index (κ3) is 2.77. The molecular formula is C13H18N2O2. The minimum atomic E-state index is -0.169. The standard InChI is InChI=1S/C13H18N2O2/c1-9-3-10(2)5-12(4-9)15-6-11(8-16)14-13(17)7-15/h3-5,11,16H,6-8H2,1-2H3,(H,14,17). The highest BCUT2D eigenvalue weighted by Crippen LogP contribution is 2.20. The zero-order chi connectivity index (χ0) is 12.4. The van der Waals surface area contributed by atoms with Crippen molar-refractivity contribution in [2.75, 3.05) is 24.6 Å². The summed E-state index contributed by atoms with van der Waals surface area (Å²) in [7, 11) is 0. The predicted octanol–water partition coefficient (Wildman–Crippen LogP) is 0.601. The number of aryl methyl sites for hydroxylation is 2. The summed E-state index contributed by atoms with van der Waals surface area (Å²) in [4.78, 5) is 13.5. The molecule has 4 nitrogen and oxygen atoms in total. The number of benzene rings is 1. The van der Waals surface area contributed by atoms with E-state index in [1.807, 2.05) is 18.7 Å². The second kappa shape index (κ2) is 4.75. The van der Waals surface area contributed by atoms with Crippen LogP contribution in [0.4, 0.5) is 5.69 Å². The highest BCUT2D eigenvalue weighted by Gasteiger charge is 2.24. The van der Waals surface area contributed by atoms with Gasteiger partial charge in [0.05, 0.1) is 19.2 Å². The van der Waals surface area contributed by atoms with Crippen LogP contribution in [0.5, 0.6) is 0 Å². The van der Waals surface area contributed by atoms with Crippen LogP contribution in [0.25, 0.3) is 0 Å². The van der Waals surface area contributed by atoms with E-state index in [2.05, 4.69) is 23.5 Å². The third-order valence-corrected chi connectivity index (χ3v) is 2.93. The van der Waals surface area contributed by atoms with Crippen LogP contribution in [0.2, 0.25) is 0 Å². The van der Waals surface area contributed by atoms with E-state index < -0.39 is 0 Å². The number of amides is 1. The number of anilines is 1. The Morgan fingerprint density at radius 3 is 2.59 bits per heavy atom. The molecule has 92 valence electrons. The van der Waals surface area contributed by atoms with E-state index in [0.717, 1.165) is 5.69 Å². The fraction of sp³-hybridized carbons (Fsp3) is 0.462. The van der Waals surface area contributed by atoms with Crippen molar-refractivity contribution in [2.24, 2.45) is 0 Å². The normalized spacial score (nSPS) is 20.3. The first-order valence-corrected chi connectivity index (χ1v) is 5.82. The summed E-state index contributed by atoms with van der Waals surface area (Å²) in [5, 5.41) is 11.9. The minimum absolute atomic E-state index is 0.0208. The molecule has 1 saturated heterocycles. The first-order chi connectivity index (χ1) is 8.08. The van der Waals surface area contributed by atoms with Crippen molar-refractivity contribution in [3.8, 4) is 0 Å². The van der Waals surface area contributed by atoms with Crippen molar-refractivity contribution in [1.29, 1.82) is 0 Å². The van der Waals surface area contributed by atoms with Gasteiger partial charge in [-0.1, -0.05) is 6.07 Å². The molecule has 1 aromatic carbocycles. The minimum Gasteiger partial charge on any atom is -0.394 e. The molecule has 17 heavy (non-hydrogen) atoms. The lowest BCUT2D eigenvalue weighted by Crippen LogP contribution is -2.55. The highest BCUT2D eigenvalue weighted by atomic mass is 16.3. The number of hydrogen-bond acceptors (Lipinski definition) is 3. The van der Waals surface area contributed by atoms with Gasteiger partial charge in [0.1, 0.15) is 0 Å². The zero-order valence-corrected chi connectivity index (χ0v) is 10.2. The van der Waals surface area contributed by atoms with E-state index in [0.29, 0.717) is 13.1 Å². The Morgan fingerprint density at radius 2 is 2.00 bits per heavy atom. The quantitative estimate of drug-likeness (QED) is 0.788. The molecule has 2 rings (SSSR count). The van der Waals surface area contributed by atoms with E-state index in [9.17, 15) is 4.79 Å². The highest BCUT2D eigenvalue weighted by molar-refractivity contribution is 5.83. The van der Waals surface area contributed by atoms with Gasteiger partial charge in [-0.25, -0.2) is 0 Å². The molecule has 0 spiro atoms. The Kier molecular flexibility index (Phi) is 3.33. The fourth-order valence-electron chi connectivity index (χ4n) is 2.26. The van der Waals surface area contributed by atoms with Crippen LogP contribution in [0, 0.1) is 13.8 Å². The average molecular weight is 234 g/mol. The van der Waals surface area contributed by atoms with Gasteiger partial charge in [-0.15, -0.1) is 0 Å². The molecule has 2 N–H and O–H groups in total. The maximum atomic E-state index is 11.5. The van der Waals surface area contributed by atoms with Crippen molar-refractivity contribution in [2.45, 2.75) is 19.9 Å². The Labute approximate surface area is 101 Å². The predicted molar refractivity (Wildman–Crippen MR) is 67.1 cm³/mol. The van der Waals surface area contributed by atoms with Crippen molar-refractivity contribution in [3.05, 3.63) is 29.3 Å². The molecule has 0 saturated carbocycles. The Hall–Kier alpha value is -1.55. The third-order valence-electron chi connectivity index (χ3n) is 2.93. The van der Waals surface area contributed by atoms with Crippen molar-refractivity contribution in [1.82, 2.24) is 5.32 Å². The molecule has 1 aromatic rings. The summed E-state index contributed by atoms with van der Waals surface area (Å²) >= 11 is 0. The number of rotatable bonds is 2. The van der Waals surface area contributed by atoms with Gasteiger partial charge in [0.25, 0.3) is 0 Å². The smallest absolute Gasteiger partial charge is 0.239 e. The summed E-state index contributed by atoms with van der Waals surface area (Å²) in [6.45, 7) is 5.09. The summed E-state index contributed by atoms with van der Waals surface area (Å²) in [6.07, 6.45) is 0. The molecular weight excluding hydrogens is 216 g/mol. The van der Waals surface area contributed by atoms with Crippen LogP contribution in [0.3, 0.4) is 0 Å². The number of hydrogen-bond donors (Lipinski definition) is 2. The molecule has 1 unspecified atom stereocenters. The number of carbonyl (C=O) groups is 1. The van der Waals surface area contributed by atoms with Crippen LogP contribution in [-0.2, 0) is 4.79 Å². The number of nitrogens with one attached hydrogen (secondary N) is 1. The summed E-state index contributed by atoms with van der Waals surface area (Å²) in [5.74, 6) is -0.0329. The maximum absolute atomic E-state index is 11.5. The first-order valence-electron chi connectivity index (χ1n) is 5.82. The van der Waals surface area contributed by atoms with Gasteiger partial charge in [0.2, 0.25) is 5.91 Å². The number of piperazine rings is 1. The summed E-state index contributed by atoms with van der Waals surface area (Å²) < 4.78 is 0. The van der Waals surface area contributed by atoms with Crippen LogP contribution in [0.15, 0.2) is 18.2 Å². The van der Waals surface area contributed by atoms with Gasteiger partial charge in [0.15, 0.2) is 0 Å². The molecule has 1 heterocycles. The number of aliphatic hydroxyl groups excluding tert-OH is 1. The fourth-order valence-corrected chi connectivity index (χ4v) is 2.26. The van der Waals surface area contributed by atoms with E-state index >= 15 is 0 Å². The molecule has 1 fully saturated rings. The molecule has 0 aromatic heterocycles. The lowest BCUT2D eigenvalue weighted by atomic mass is 10.1. The van der Waals surface area contributed by atoms with Gasteiger partial charge in [-0.05, 0) is 37.1 Å². The van der Waals surface area contributed by atoms with Gasteiger partial charge >= 0.3 is 0 Å². The largest absolute Gasteiger partial charge is 0.394 e. The van der Waals surface area contributed by atoms with Gasteiger partial charge < -0.3 is 15.3 Å². The van der Waals surface area contributed by atoms with Crippen LogP contribution < -0.4 is 10.2 Å². The lowest BCUT2D eigenvalue weighted by Gasteiger charge is -2.34. The van der Waals surface area contributed by atoms with Gasteiger partial charge in [-0.3, -0.25) is 4.79 Å². The molecule has 4 heteroatoms. The molecule has 1 aliphatic rings. The lowest BCUT2D eigenvalue weighted by molar-refractivity contribution is -0.121. The van der Waals surface area contributed by atoms with Gasteiger partial charge in [-0.2, -0.15) is 0 Å².